The summed E-state index contributed by atoms with van der Waals surface area (Å²) in [6.45, 7) is 0. The molecule has 2 rings (SSSR count). The highest BCUT2D eigenvalue weighted by Gasteiger charge is 2.21. The minimum atomic E-state index is -1.03. The second-order valence-electron chi connectivity index (χ2n) is 4.79. The number of hydrogen-bond acceptors (Lipinski definition) is 1. The van der Waals surface area contributed by atoms with Gasteiger partial charge in [-0.3, -0.25) is 4.79 Å². The van der Waals surface area contributed by atoms with Crippen molar-refractivity contribution in [3.63, 3.8) is 0 Å². The molecule has 0 radical (unpaired) electrons. The Morgan fingerprint density at radius 1 is 1.14 bits per heavy atom. The lowest BCUT2D eigenvalue weighted by Gasteiger charge is -2.13. The summed E-state index contributed by atoms with van der Waals surface area (Å²) in [4.78, 5) is 11.4. The number of carbonyl (C=O) groups is 1. The van der Waals surface area contributed by atoms with Crippen molar-refractivity contribution in [1.82, 2.24) is 0 Å². The van der Waals surface area contributed by atoms with Crippen molar-refractivity contribution >= 4 is 21.9 Å². The van der Waals surface area contributed by atoms with Crippen molar-refractivity contribution in [2.45, 2.75) is 12.8 Å². The van der Waals surface area contributed by atoms with Crippen molar-refractivity contribution in [2.75, 3.05) is 0 Å². The van der Waals surface area contributed by atoms with Crippen LogP contribution < -0.4 is 0 Å². The standard InChI is InChI=1S/C16H13BrF2O2/c17-13-5-1-3-10(8-13)7-12(16(20)21)9-11-4-2-6-14(18)15(11)19/h1-6,8,12H,7,9H2,(H,20,21). The Bertz CT molecular complexity index is 658. The highest BCUT2D eigenvalue weighted by molar-refractivity contribution is 9.10. The van der Waals surface area contributed by atoms with E-state index in [1.165, 1.54) is 12.1 Å². The molecule has 1 atom stereocenters. The average Bonchev–Trinajstić information content (AvgIpc) is 2.43. The predicted molar refractivity (Wildman–Crippen MR) is 79.0 cm³/mol. The maximum Gasteiger partial charge on any atom is 0.307 e. The van der Waals surface area contributed by atoms with Gasteiger partial charge in [0.1, 0.15) is 0 Å². The van der Waals surface area contributed by atoms with E-state index >= 15 is 0 Å². The zero-order valence-electron chi connectivity index (χ0n) is 11.0. The fourth-order valence-corrected chi connectivity index (χ4v) is 2.61. The van der Waals surface area contributed by atoms with Crippen molar-refractivity contribution < 1.29 is 18.7 Å². The van der Waals surface area contributed by atoms with Crippen LogP contribution in [-0.2, 0) is 17.6 Å². The Labute approximate surface area is 129 Å². The van der Waals surface area contributed by atoms with Gasteiger partial charge in [-0.05, 0) is 42.2 Å². The van der Waals surface area contributed by atoms with Gasteiger partial charge < -0.3 is 5.11 Å². The first-order valence-electron chi connectivity index (χ1n) is 6.37. The first kappa shape index (κ1) is 15.6. The lowest BCUT2D eigenvalue weighted by molar-refractivity contribution is -0.141. The molecule has 0 aliphatic carbocycles. The molecule has 0 heterocycles. The largest absolute Gasteiger partial charge is 0.481 e. The molecule has 0 aromatic heterocycles. The van der Waals surface area contributed by atoms with Crippen LogP contribution in [0.1, 0.15) is 11.1 Å². The minimum absolute atomic E-state index is 0.0502. The molecule has 110 valence electrons. The lowest BCUT2D eigenvalue weighted by atomic mass is 9.92. The summed E-state index contributed by atoms with van der Waals surface area (Å²) in [5.74, 6) is -3.77. The maximum absolute atomic E-state index is 13.7. The van der Waals surface area contributed by atoms with Crippen LogP contribution in [0, 0.1) is 17.6 Å². The Morgan fingerprint density at radius 3 is 2.52 bits per heavy atom. The van der Waals surface area contributed by atoms with Gasteiger partial charge in [-0.15, -0.1) is 0 Å². The minimum Gasteiger partial charge on any atom is -0.481 e. The molecular weight excluding hydrogens is 342 g/mol. The Kier molecular flexibility index (Phi) is 5.07. The number of rotatable bonds is 5. The zero-order valence-corrected chi connectivity index (χ0v) is 12.6. The highest BCUT2D eigenvalue weighted by Crippen LogP contribution is 2.21. The quantitative estimate of drug-likeness (QED) is 0.872. The van der Waals surface area contributed by atoms with E-state index in [0.29, 0.717) is 0 Å². The summed E-state index contributed by atoms with van der Waals surface area (Å²) >= 11 is 3.32. The van der Waals surface area contributed by atoms with Crippen LogP contribution in [0.4, 0.5) is 8.78 Å². The molecule has 0 saturated heterocycles. The van der Waals surface area contributed by atoms with Gasteiger partial charge in [-0.2, -0.15) is 0 Å². The van der Waals surface area contributed by atoms with Crippen molar-refractivity contribution in [1.29, 1.82) is 0 Å². The number of aliphatic carboxylic acids is 1. The monoisotopic (exact) mass is 354 g/mol. The Balaban J connectivity index is 2.20. The van der Waals surface area contributed by atoms with Gasteiger partial charge in [0.2, 0.25) is 0 Å². The summed E-state index contributed by atoms with van der Waals surface area (Å²) in [7, 11) is 0. The van der Waals surface area contributed by atoms with Crippen LogP contribution in [0.3, 0.4) is 0 Å². The van der Waals surface area contributed by atoms with E-state index in [4.69, 9.17) is 0 Å². The van der Waals surface area contributed by atoms with E-state index in [1.54, 1.807) is 6.07 Å². The van der Waals surface area contributed by atoms with Gasteiger partial charge in [0, 0.05) is 4.47 Å². The second-order valence-corrected chi connectivity index (χ2v) is 5.70. The number of benzene rings is 2. The fraction of sp³-hybridized carbons (Fsp3) is 0.188. The molecule has 21 heavy (non-hydrogen) atoms. The van der Waals surface area contributed by atoms with Gasteiger partial charge in [0.25, 0.3) is 0 Å². The van der Waals surface area contributed by atoms with E-state index in [2.05, 4.69) is 15.9 Å². The summed E-state index contributed by atoms with van der Waals surface area (Å²) < 4.78 is 27.7. The van der Waals surface area contributed by atoms with Gasteiger partial charge >= 0.3 is 5.97 Å². The number of carboxylic acids is 1. The summed E-state index contributed by atoms with van der Waals surface area (Å²) in [5.41, 5.74) is 0.908. The van der Waals surface area contributed by atoms with Crippen LogP contribution in [0.5, 0.6) is 0 Å². The molecule has 0 spiro atoms. The molecule has 2 aromatic carbocycles. The van der Waals surface area contributed by atoms with Crippen molar-refractivity contribution in [3.8, 4) is 0 Å². The summed E-state index contributed by atoms with van der Waals surface area (Å²) in [5, 5.41) is 9.30. The molecule has 0 fully saturated rings. The van der Waals surface area contributed by atoms with E-state index in [9.17, 15) is 18.7 Å². The Morgan fingerprint density at radius 2 is 1.86 bits per heavy atom. The molecule has 0 bridgehead atoms. The average molecular weight is 355 g/mol. The van der Waals surface area contributed by atoms with Crippen LogP contribution >= 0.6 is 15.9 Å². The van der Waals surface area contributed by atoms with Crippen molar-refractivity contribution in [3.05, 3.63) is 69.7 Å². The molecule has 0 amide bonds. The lowest BCUT2D eigenvalue weighted by Crippen LogP contribution is -2.20. The first-order chi connectivity index (χ1) is 9.97. The zero-order chi connectivity index (χ0) is 15.4. The second kappa shape index (κ2) is 6.80. The number of hydrogen-bond donors (Lipinski definition) is 1. The highest BCUT2D eigenvalue weighted by atomic mass is 79.9. The topological polar surface area (TPSA) is 37.3 Å². The SMILES string of the molecule is O=C(O)C(Cc1cccc(Br)c1)Cc1cccc(F)c1F. The molecule has 5 heteroatoms. The fourth-order valence-electron chi connectivity index (χ4n) is 2.17. The first-order valence-corrected chi connectivity index (χ1v) is 7.17. The molecule has 0 saturated carbocycles. The third-order valence-corrected chi connectivity index (χ3v) is 3.71. The maximum atomic E-state index is 13.7. The third-order valence-electron chi connectivity index (χ3n) is 3.22. The molecule has 0 aliphatic rings. The Hall–Kier alpha value is -1.75. The molecule has 2 nitrogen and oxygen atoms in total. The smallest absolute Gasteiger partial charge is 0.307 e. The van der Waals surface area contributed by atoms with E-state index < -0.39 is 23.5 Å². The number of carboxylic acid groups (broad SMARTS) is 1. The van der Waals surface area contributed by atoms with E-state index in [0.717, 1.165) is 16.1 Å². The molecule has 1 unspecified atom stereocenters. The summed E-state index contributed by atoms with van der Waals surface area (Å²) in [6, 6.07) is 11.1. The normalized spacial score (nSPS) is 12.1. The van der Waals surface area contributed by atoms with Gasteiger partial charge in [-0.1, -0.05) is 40.2 Å². The van der Waals surface area contributed by atoms with Gasteiger partial charge in [-0.25, -0.2) is 8.78 Å². The van der Waals surface area contributed by atoms with Crippen molar-refractivity contribution in [2.24, 2.45) is 5.92 Å². The predicted octanol–water partition coefficient (Wildman–Crippen LogP) is 4.21. The molecular formula is C16H13BrF2O2. The third kappa shape index (κ3) is 4.11. The molecule has 2 aromatic rings. The summed E-state index contributed by atoms with van der Waals surface area (Å²) in [6.07, 6.45) is 0.205. The van der Waals surface area contributed by atoms with Crippen LogP contribution in [-0.4, -0.2) is 11.1 Å². The molecule has 1 N–H and O–H groups in total. The van der Waals surface area contributed by atoms with E-state index in [-0.39, 0.29) is 18.4 Å². The van der Waals surface area contributed by atoms with Gasteiger partial charge in [0.15, 0.2) is 11.6 Å². The van der Waals surface area contributed by atoms with Crippen LogP contribution in [0.2, 0.25) is 0 Å². The van der Waals surface area contributed by atoms with E-state index in [1.807, 2.05) is 18.2 Å². The number of halogens is 3. The van der Waals surface area contributed by atoms with Gasteiger partial charge in [0.05, 0.1) is 5.92 Å². The molecule has 0 aliphatic heterocycles. The van der Waals surface area contributed by atoms with Crippen LogP contribution in [0.15, 0.2) is 46.9 Å². The van der Waals surface area contributed by atoms with Crippen LogP contribution in [0.25, 0.3) is 0 Å².